The molecule has 0 radical (unpaired) electrons. The van der Waals surface area contributed by atoms with Crippen LogP contribution >= 0.6 is 0 Å². The quantitative estimate of drug-likeness (QED) is 0.407. The number of likely N-dealkylation sites (N-methyl/N-ethyl adjacent to an activating group) is 1. The fraction of sp³-hybridized carbons (Fsp3) is 0.320. The van der Waals surface area contributed by atoms with Crippen LogP contribution in [0.2, 0.25) is 0 Å². The lowest BCUT2D eigenvalue weighted by molar-refractivity contribution is 0.302. The third kappa shape index (κ3) is 4.23. The Morgan fingerprint density at radius 1 is 0.967 bits per heavy atom. The van der Waals surface area contributed by atoms with Gasteiger partial charge in [-0.25, -0.2) is 4.39 Å². The Hall–Kier alpha value is -2.76. The number of aromatic nitrogens is 2. The van der Waals surface area contributed by atoms with Gasteiger partial charge in [0.2, 0.25) is 0 Å². The average Bonchev–Trinajstić information content (AvgIpc) is 3.10. The molecular weight excluding hydrogens is 375 g/mol. The number of rotatable bonds is 9. The number of nitrogens with zero attached hydrogens (tertiary/aromatic N) is 3. The largest absolute Gasteiger partial charge is 0.334 e. The van der Waals surface area contributed by atoms with Crippen LogP contribution in [0, 0.1) is 5.82 Å². The van der Waals surface area contributed by atoms with Crippen molar-refractivity contribution in [3.05, 3.63) is 77.9 Å². The molecular formula is C25H29FN4. The van der Waals surface area contributed by atoms with Crippen molar-refractivity contribution in [1.29, 1.82) is 0 Å². The minimum absolute atomic E-state index is 0.208. The summed E-state index contributed by atoms with van der Waals surface area (Å²) in [5.41, 5.74) is 4.45. The van der Waals surface area contributed by atoms with Crippen LogP contribution in [0.25, 0.3) is 21.8 Å². The third-order valence-electron chi connectivity index (χ3n) is 5.80. The number of para-hydroxylation sites is 1. The molecule has 156 valence electrons. The molecule has 0 aliphatic rings. The lowest BCUT2D eigenvalue weighted by Gasteiger charge is -2.18. The third-order valence-corrected chi connectivity index (χ3v) is 5.80. The molecule has 0 bridgehead atoms. The van der Waals surface area contributed by atoms with E-state index >= 15 is 0 Å². The van der Waals surface area contributed by atoms with Crippen LogP contribution in [0.1, 0.15) is 25.1 Å². The molecule has 1 N–H and O–H groups in total. The number of fused-ring (bicyclic) bond motifs is 3. The molecule has 30 heavy (non-hydrogen) atoms. The minimum Gasteiger partial charge on any atom is -0.334 e. The lowest BCUT2D eigenvalue weighted by atomic mass is 10.1. The molecule has 2 aromatic carbocycles. The summed E-state index contributed by atoms with van der Waals surface area (Å²) in [6.45, 7) is 9.88. The van der Waals surface area contributed by atoms with Crippen LogP contribution in [0.4, 0.5) is 4.39 Å². The highest BCUT2D eigenvalue weighted by Gasteiger charge is 2.15. The summed E-state index contributed by atoms with van der Waals surface area (Å²) in [5, 5.41) is 6.00. The Morgan fingerprint density at radius 3 is 2.50 bits per heavy atom. The molecule has 0 amide bonds. The fourth-order valence-electron chi connectivity index (χ4n) is 4.12. The van der Waals surface area contributed by atoms with Gasteiger partial charge < -0.3 is 14.8 Å². The summed E-state index contributed by atoms with van der Waals surface area (Å²) in [6.07, 6.45) is 1.90. The number of hydrogen-bond acceptors (Lipinski definition) is 3. The molecule has 0 fully saturated rings. The summed E-state index contributed by atoms with van der Waals surface area (Å²) in [6, 6.07) is 17.3. The van der Waals surface area contributed by atoms with E-state index in [4.69, 9.17) is 4.98 Å². The monoisotopic (exact) mass is 404 g/mol. The Morgan fingerprint density at radius 2 is 1.73 bits per heavy atom. The Kier molecular flexibility index (Phi) is 6.41. The first-order valence-corrected chi connectivity index (χ1v) is 10.7. The smallest absolute Gasteiger partial charge is 0.123 e. The second kappa shape index (κ2) is 9.37. The van der Waals surface area contributed by atoms with Gasteiger partial charge in [-0.15, -0.1) is 0 Å². The second-order valence-corrected chi connectivity index (χ2v) is 7.59. The van der Waals surface area contributed by atoms with Gasteiger partial charge in [0.25, 0.3) is 0 Å². The zero-order valence-corrected chi connectivity index (χ0v) is 17.7. The van der Waals surface area contributed by atoms with Gasteiger partial charge in [0.15, 0.2) is 0 Å². The SMILES string of the molecule is CCN(CC)CCNCc1nccc2c3ccccc3n(Cc3ccc(F)cc3)c12. The Bertz CT molecular complexity index is 1110. The molecule has 0 saturated heterocycles. The van der Waals surface area contributed by atoms with E-state index in [0.29, 0.717) is 6.54 Å². The Labute approximate surface area is 177 Å². The van der Waals surface area contributed by atoms with E-state index in [1.807, 2.05) is 18.3 Å². The van der Waals surface area contributed by atoms with Crippen LogP contribution in [-0.2, 0) is 13.1 Å². The predicted molar refractivity (Wildman–Crippen MR) is 122 cm³/mol. The van der Waals surface area contributed by atoms with Crippen LogP contribution < -0.4 is 5.32 Å². The van der Waals surface area contributed by atoms with Gasteiger partial charge in [-0.2, -0.15) is 0 Å². The zero-order chi connectivity index (χ0) is 20.9. The molecule has 2 aromatic heterocycles. The van der Waals surface area contributed by atoms with Crippen LogP contribution in [-0.4, -0.2) is 40.6 Å². The highest BCUT2D eigenvalue weighted by molar-refractivity contribution is 6.08. The number of hydrogen-bond donors (Lipinski definition) is 1. The van der Waals surface area contributed by atoms with Crippen LogP contribution in [0.15, 0.2) is 60.8 Å². The van der Waals surface area contributed by atoms with Crippen molar-refractivity contribution in [2.75, 3.05) is 26.2 Å². The first-order valence-electron chi connectivity index (χ1n) is 10.7. The maximum absolute atomic E-state index is 13.4. The van der Waals surface area contributed by atoms with E-state index in [1.54, 1.807) is 0 Å². The van der Waals surface area contributed by atoms with E-state index in [-0.39, 0.29) is 5.82 Å². The van der Waals surface area contributed by atoms with Gasteiger partial charge in [-0.05, 0) is 42.9 Å². The predicted octanol–water partition coefficient (Wildman–Crippen LogP) is 4.81. The number of pyridine rings is 1. The minimum atomic E-state index is -0.208. The maximum atomic E-state index is 13.4. The fourth-order valence-corrected chi connectivity index (χ4v) is 4.12. The zero-order valence-electron chi connectivity index (χ0n) is 17.7. The molecule has 0 saturated carbocycles. The Balaban J connectivity index is 1.68. The topological polar surface area (TPSA) is 33.1 Å². The highest BCUT2D eigenvalue weighted by atomic mass is 19.1. The van der Waals surface area contributed by atoms with Gasteiger partial charge in [-0.3, -0.25) is 4.98 Å². The van der Waals surface area contributed by atoms with Crippen LogP contribution in [0.5, 0.6) is 0 Å². The lowest BCUT2D eigenvalue weighted by Crippen LogP contribution is -2.31. The molecule has 2 heterocycles. The van der Waals surface area contributed by atoms with Crippen LogP contribution in [0.3, 0.4) is 0 Å². The van der Waals surface area contributed by atoms with Gasteiger partial charge in [0.1, 0.15) is 5.82 Å². The van der Waals surface area contributed by atoms with Crippen molar-refractivity contribution in [2.45, 2.75) is 26.9 Å². The standard InChI is InChI=1S/C25H29FN4/c1-3-29(4-2)16-15-27-17-23-25-22(13-14-28-23)21-7-5-6-8-24(21)30(25)18-19-9-11-20(26)12-10-19/h5-14,27H,3-4,15-18H2,1-2H3. The highest BCUT2D eigenvalue weighted by Crippen LogP contribution is 2.31. The first-order chi connectivity index (χ1) is 14.7. The van der Waals surface area contributed by atoms with Gasteiger partial charge in [-0.1, -0.05) is 44.2 Å². The molecule has 4 aromatic rings. The van der Waals surface area contributed by atoms with E-state index < -0.39 is 0 Å². The van der Waals surface area contributed by atoms with E-state index in [1.165, 1.54) is 28.4 Å². The molecule has 0 aliphatic carbocycles. The van der Waals surface area contributed by atoms with E-state index in [2.05, 4.69) is 59.0 Å². The number of benzene rings is 2. The molecule has 5 heteroatoms. The van der Waals surface area contributed by atoms with E-state index in [9.17, 15) is 4.39 Å². The maximum Gasteiger partial charge on any atom is 0.123 e. The van der Waals surface area contributed by atoms with Gasteiger partial charge >= 0.3 is 0 Å². The van der Waals surface area contributed by atoms with Crippen molar-refractivity contribution in [2.24, 2.45) is 0 Å². The average molecular weight is 405 g/mol. The van der Waals surface area contributed by atoms with Crippen molar-refractivity contribution in [1.82, 2.24) is 19.8 Å². The molecule has 0 spiro atoms. The van der Waals surface area contributed by atoms with Gasteiger partial charge in [0, 0.05) is 48.7 Å². The number of halogens is 1. The summed E-state index contributed by atoms with van der Waals surface area (Å²) >= 11 is 0. The first kappa shape index (κ1) is 20.5. The van der Waals surface area contributed by atoms with Gasteiger partial charge in [0.05, 0.1) is 11.2 Å². The molecule has 4 nitrogen and oxygen atoms in total. The van der Waals surface area contributed by atoms with Crippen molar-refractivity contribution in [3.8, 4) is 0 Å². The summed E-state index contributed by atoms with van der Waals surface area (Å²) < 4.78 is 15.7. The molecule has 0 aliphatic heterocycles. The van der Waals surface area contributed by atoms with Crippen molar-refractivity contribution >= 4 is 21.8 Å². The summed E-state index contributed by atoms with van der Waals surface area (Å²) in [7, 11) is 0. The normalized spacial score (nSPS) is 11.7. The van der Waals surface area contributed by atoms with Crippen molar-refractivity contribution in [3.63, 3.8) is 0 Å². The second-order valence-electron chi connectivity index (χ2n) is 7.59. The van der Waals surface area contributed by atoms with E-state index in [0.717, 1.165) is 49.5 Å². The van der Waals surface area contributed by atoms with Crippen molar-refractivity contribution < 1.29 is 4.39 Å². The summed E-state index contributed by atoms with van der Waals surface area (Å²) in [5.74, 6) is -0.208. The number of nitrogens with one attached hydrogen (secondary N) is 1. The molecule has 4 rings (SSSR count). The molecule has 0 atom stereocenters. The summed E-state index contributed by atoms with van der Waals surface area (Å²) in [4.78, 5) is 7.13. The molecule has 0 unspecified atom stereocenters.